The molecule has 1 aromatic heterocycles. The van der Waals surface area contributed by atoms with Crippen LogP contribution in [0.2, 0.25) is 0 Å². The maximum absolute atomic E-state index is 13.3. The van der Waals surface area contributed by atoms with Gasteiger partial charge in [0.25, 0.3) is 5.91 Å². The Hall–Kier alpha value is -3.71. The predicted molar refractivity (Wildman–Crippen MR) is 143 cm³/mol. The number of nitrogens with one attached hydrogen (secondary N) is 1. The van der Waals surface area contributed by atoms with Gasteiger partial charge in [0.05, 0.1) is 10.9 Å². The molecule has 4 aromatic rings. The molecule has 0 aliphatic carbocycles. The zero-order chi connectivity index (χ0) is 25.2. The second kappa shape index (κ2) is 10.1. The molecule has 1 unspecified atom stereocenters. The number of hydrogen-bond acceptors (Lipinski definition) is 3. The summed E-state index contributed by atoms with van der Waals surface area (Å²) >= 11 is 3.54. The number of halogens is 1. The number of benzene rings is 3. The average Bonchev–Trinajstić information content (AvgIpc) is 3.37. The SMILES string of the molecule is O=C(O)c1c[nH]c2ccc(CCC3CCCN3C(=O)c3ccc(-c4ccccc4)cc3)c(Br)c2c1=O. The minimum Gasteiger partial charge on any atom is -0.477 e. The van der Waals surface area contributed by atoms with E-state index in [0.29, 0.717) is 27.4 Å². The molecule has 182 valence electrons. The predicted octanol–water partition coefficient (Wildman–Crippen LogP) is 5.89. The van der Waals surface area contributed by atoms with Crippen molar-refractivity contribution in [1.29, 1.82) is 0 Å². The minimum absolute atomic E-state index is 0.0391. The van der Waals surface area contributed by atoms with E-state index in [1.54, 1.807) is 6.07 Å². The van der Waals surface area contributed by atoms with E-state index in [0.717, 1.165) is 42.5 Å². The van der Waals surface area contributed by atoms with Gasteiger partial charge >= 0.3 is 5.97 Å². The first kappa shape index (κ1) is 24.0. The first-order chi connectivity index (χ1) is 17.4. The zero-order valence-corrected chi connectivity index (χ0v) is 21.1. The van der Waals surface area contributed by atoms with Crippen molar-refractivity contribution in [1.82, 2.24) is 9.88 Å². The molecule has 1 aliphatic rings. The van der Waals surface area contributed by atoms with Gasteiger partial charge in [0.2, 0.25) is 5.43 Å². The van der Waals surface area contributed by atoms with E-state index < -0.39 is 11.4 Å². The number of likely N-dealkylation sites (tertiary alicyclic amines) is 1. The van der Waals surface area contributed by atoms with Crippen molar-refractivity contribution in [3.8, 4) is 11.1 Å². The first-order valence-corrected chi connectivity index (χ1v) is 12.8. The number of rotatable bonds is 6. The van der Waals surface area contributed by atoms with Gasteiger partial charge in [-0.2, -0.15) is 0 Å². The first-order valence-electron chi connectivity index (χ1n) is 12.0. The molecule has 2 heterocycles. The molecular formula is C29H25BrN2O4. The molecule has 6 nitrogen and oxygen atoms in total. The quantitative estimate of drug-likeness (QED) is 0.316. The maximum Gasteiger partial charge on any atom is 0.341 e. The van der Waals surface area contributed by atoms with Crippen molar-refractivity contribution in [2.24, 2.45) is 0 Å². The average molecular weight is 545 g/mol. The largest absolute Gasteiger partial charge is 0.477 e. The fourth-order valence-corrected chi connectivity index (χ4v) is 5.71. The van der Waals surface area contributed by atoms with E-state index in [9.17, 15) is 19.5 Å². The van der Waals surface area contributed by atoms with Crippen LogP contribution >= 0.6 is 15.9 Å². The molecule has 0 radical (unpaired) electrons. The smallest absolute Gasteiger partial charge is 0.341 e. The molecule has 1 fully saturated rings. The van der Waals surface area contributed by atoms with Gasteiger partial charge in [0.15, 0.2) is 0 Å². The van der Waals surface area contributed by atoms with Gasteiger partial charge in [0, 0.05) is 28.8 Å². The van der Waals surface area contributed by atoms with Gasteiger partial charge in [-0.3, -0.25) is 9.59 Å². The number of H-pyrrole nitrogens is 1. The number of aromatic nitrogens is 1. The Kier molecular flexibility index (Phi) is 6.74. The van der Waals surface area contributed by atoms with Gasteiger partial charge in [-0.1, -0.05) is 48.5 Å². The highest BCUT2D eigenvalue weighted by Crippen LogP contribution is 2.29. The molecule has 0 spiro atoms. The summed E-state index contributed by atoms with van der Waals surface area (Å²) in [6, 6.07) is 21.7. The van der Waals surface area contributed by atoms with Crippen LogP contribution in [-0.4, -0.2) is 39.5 Å². The number of amides is 1. The van der Waals surface area contributed by atoms with Crippen LogP contribution in [-0.2, 0) is 6.42 Å². The number of carboxylic acid groups (broad SMARTS) is 1. The van der Waals surface area contributed by atoms with Crippen molar-refractivity contribution in [3.05, 3.63) is 104 Å². The van der Waals surface area contributed by atoms with Gasteiger partial charge < -0.3 is 15.0 Å². The number of aryl methyl sites for hydroxylation is 1. The fourth-order valence-electron chi connectivity index (χ4n) is 4.99. The summed E-state index contributed by atoms with van der Waals surface area (Å²) in [5.74, 6) is -1.22. The molecular weight excluding hydrogens is 520 g/mol. The van der Waals surface area contributed by atoms with Crippen molar-refractivity contribution < 1.29 is 14.7 Å². The van der Waals surface area contributed by atoms with Gasteiger partial charge in [0.1, 0.15) is 5.56 Å². The Morgan fingerprint density at radius 1 is 1.00 bits per heavy atom. The van der Waals surface area contributed by atoms with Gasteiger partial charge in [-0.05, 0) is 76.5 Å². The van der Waals surface area contributed by atoms with Crippen LogP contribution in [0, 0.1) is 0 Å². The summed E-state index contributed by atoms with van der Waals surface area (Å²) in [7, 11) is 0. The topological polar surface area (TPSA) is 90.5 Å². The highest BCUT2D eigenvalue weighted by atomic mass is 79.9. The normalized spacial score (nSPS) is 15.4. The summed E-state index contributed by atoms with van der Waals surface area (Å²) in [5, 5.41) is 9.65. The summed E-state index contributed by atoms with van der Waals surface area (Å²) in [4.78, 5) is 42.3. The minimum atomic E-state index is -1.26. The van der Waals surface area contributed by atoms with Crippen LogP contribution in [0.3, 0.4) is 0 Å². The third kappa shape index (κ3) is 4.58. The van der Waals surface area contributed by atoms with Crippen LogP contribution in [0.15, 0.2) is 82.2 Å². The Labute approximate surface area is 216 Å². The molecule has 3 aromatic carbocycles. The summed E-state index contributed by atoms with van der Waals surface area (Å²) < 4.78 is 0.608. The number of carboxylic acids is 1. The van der Waals surface area contributed by atoms with E-state index in [1.807, 2.05) is 53.4 Å². The van der Waals surface area contributed by atoms with Crippen molar-refractivity contribution >= 4 is 38.7 Å². The van der Waals surface area contributed by atoms with Crippen LogP contribution in [0.4, 0.5) is 0 Å². The van der Waals surface area contributed by atoms with Crippen molar-refractivity contribution in [3.63, 3.8) is 0 Å². The van der Waals surface area contributed by atoms with Gasteiger partial charge in [-0.15, -0.1) is 0 Å². The van der Waals surface area contributed by atoms with Crippen LogP contribution in [0.5, 0.6) is 0 Å². The van der Waals surface area contributed by atoms with Crippen LogP contribution in [0.1, 0.15) is 45.5 Å². The lowest BCUT2D eigenvalue weighted by Gasteiger charge is -2.25. The van der Waals surface area contributed by atoms with E-state index in [-0.39, 0.29) is 17.5 Å². The number of pyridine rings is 1. The lowest BCUT2D eigenvalue weighted by molar-refractivity contribution is 0.0693. The lowest BCUT2D eigenvalue weighted by Crippen LogP contribution is -2.35. The lowest BCUT2D eigenvalue weighted by atomic mass is 10.0. The van der Waals surface area contributed by atoms with E-state index >= 15 is 0 Å². The van der Waals surface area contributed by atoms with E-state index in [1.165, 1.54) is 6.20 Å². The molecule has 2 N–H and O–H groups in total. The Balaban J connectivity index is 1.32. The highest BCUT2D eigenvalue weighted by Gasteiger charge is 2.29. The number of nitrogens with zero attached hydrogens (tertiary/aromatic N) is 1. The molecule has 36 heavy (non-hydrogen) atoms. The number of carbonyl (C=O) groups is 2. The molecule has 1 saturated heterocycles. The maximum atomic E-state index is 13.3. The number of aromatic carboxylic acids is 1. The second-order valence-electron chi connectivity index (χ2n) is 9.07. The summed E-state index contributed by atoms with van der Waals surface area (Å²) in [5.41, 5.74) is 3.58. The third-order valence-electron chi connectivity index (χ3n) is 6.92. The van der Waals surface area contributed by atoms with E-state index in [2.05, 4.69) is 33.0 Å². The Morgan fingerprint density at radius 3 is 2.44 bits per heavy atom. The summed E-state index contributed by atoms with van der Waals surface area (Å²) in [6.07, 6.45) is 4.54. The highest BCUT2D eigenvalue weighted by molar-refractivity contribution is 9.10. The molecule has 5 rings (SSSR count). The van der Waals surface area contributed by atoms with Crippen molar-refractivity contribution in [2.75, 3.05) is 6.54 Å². The molecule has 7 heteroatoms. The standard InChI is InChI=1S/C29H25BrN2O4/c30-26-20(13-15-24-25(26)27(33)23(17-31-24)29(35)36)12-14-22-7-4-16-32(22)28(34)21-10-8-19(9-11-21)18-5-2-1-3-6-18/h1-3,5-6,8-11,13,15,17,22H,4,7,12,14,16H2,(H,31,33)(H,35,36). The van der Waals surface area contributed by atoms with Crippen LogP contribution < -0.4 is 5.43 Å². The monoisotopic (exact) mass is 544 g/mol. The summed E-state index contributed by atoms with van der Waals surface area (Å²) in [6.45, 7) is 0.727. The number of aromatic amines is 1. The Bertz CT molecular complexity index is 1500. The molecule has 0 bridgehead atoms. The van der Waals surface area contributed by atoms with E-state index in [4.69, 9.17) is 0 Å². The second-order valence-corrected chi connectivity index (χ2v) is 9.87. The molecule has 0 saturated carbocycles. The number of carbonyl (C=O) groups excluding carboxylic acids is 1. The van der Waals surface area contributed by atoms with Gasteiger partial charge in [-0.25, -0.2) is 4.79 Å². The molecule has 1 amide bonds. The Morgan fingerprint density at radius 2 is 1.72 bits per heavy atom. The zero-order valence-electron chi connectivity index (χ0n) is 19.5. The molecule has 1 atom stereocenters. The third-order valence-corrected chi connectivity index (χ3v) is 7.83. The number of hydrogen-bond donors (Lipinski definition) is 2. The fraction of sp³-hybridized carbons (Fsp3) is 0.207. The number of fused-ring (bicyclic) bond motifs is 1. The molecule has 1 aliphatic heterocycles. The van der Waals surface area contributed by atoms with Crippen molar-refractivity contribution in [2.45, 2.75) is 31.7 Å². The van der Waals surface area contributed by atoms with Crippen LogP contribution in [0.25, 0.3) is 22.0 Å².